The molecule has 0 spiro atoms. The molecule has 3 aromatic carbocycles. The second kappa shape index (κ2) is 15.7. The lowest BCUT2D eigenvalue weighted by Crippen LogP contribution is -2.57. The number of carbonyl (C=O) groups is 3. The van der Waals surface area contributed by atoms with E-state index >= 15 is 0 Å². The fourth-order valence-electron chi connectivity index (χ4n) is 4.58. The molecule has 8 heteroatoms. The predicted octanol–water partition coefficient (Wildman–Crippen LogP) is 5.39. The normalized spacial score (nSPS) is 13.3. The maximum atomic E-state index is 13.3. The maximum absolute atomic E-state index is 13.3. The topological polar surface area (TPSA) is 103 Å². The Bertz CT molecular complexity index is 1260. The van der Waals surface area contributed by atoms with E-state index in [2.05, 4.69) is 10.6 Å². The highest BCUT2D eigenvalue weighted by molar-refractivity contribution is 5.86. The number of alkyl carbamates (subject to hydrolysis) is 1. The molecule has 0 saturated carbocycles. The molecule has 0 aliphatic carbocycles. The van der Waals surface area contributed by atoms with Gasteiger partial charge in [0.1, 0.15) is 23.8 Å². The van der Waals surface area contributed by atoms with Gasteiger partial charge < -0.3 is 24.8 Å². The molecule has 0 aliphatic rings. The lowest BCUT2D eigenvalue weighted by Gasteiger charge is -2.33. The van der Waals surface area contributed by atoms with Gasteiger partial charge >= 0.3 is 18.0 Å². The van der Waals surface area contributed by atoms with Crippen molar-refractivity contribution in [1.82, 2.24) is 10.6 Å². The Morgan fingerprint density at radius 1 is 0.762 bits per heavy atom. The molecule has 2 atom stereocenters. The van der Waals surface area contributed by atoms with E-state index in [9.17, 15) is 14.4 Å². The average molecular weight is 575 g/mol. The van der Waals surface area contributed by atoms with Crippen LogP contribution >= 0.6 is 0 Å². The van der Waals surface area contributed by atoms with Crippen molar-refractivity contribution in [2.45, 2.75) is 70.2 Å². The predicted molar refractivity (Wildman–Crippen MR) is 162 cm³/mol. The first-order chi connectivity index (χ1) is 20.1. The van der Waals surface area contributed by atoms with Crippen LogP contribution in [-0.2, 0) is 43.2 Å². The van der Waals surface area contributed by atoms with E-state index < -0.39 is 35.2 Å². The Morgan fingerprint density at radius 2 is 1.31 bits per heavy atom. The zero-order chi connectivity index (χ0) is 30.4. The monoisotopic (exact) mass is 574 g/mol. The molecule has 0 radical (unpaired) electrons. The Balaban J connectivity index is 1.79. The van der Waals surface area contributed by atoms with E-state index in [1.165, 1.54) is 7.11 Å². The smallest absolute Gasteiger partial charge is 0.408 e. The number of methoxy groups -OCH3 is 1. The zero-order valence-corrected chi connectivity index (χ0v) is 24.9. The van der Waals surface area contributed by atoms with Gasteiger partial charge in [0, 0.05) is 0 Å². The second-order valence-corrected chi connectivity index (χ2v) is 11.2. The van der Waals surface area contributed by atoms with Gasteiger partial charge in [-0.3, -0.25) is 4.79 Å². The summed E-state index contributed by atoms with van der Waals surface area (Å²) in [6.45, 7) is 5.74. The number of esters is 2. The summed E-state index contributed by atoms with van der Waals surface area (Å²) in [7, 11) is 1.29. The summed E-state index contributed by atoms with van der Waals surface area (Å²) >= 11 is 0. The van der Waals surface area contributed by atoms with E-state index in [0.717, 1.165) is 16.7 Å². The fraction of sp³-hybridized carbons (Fsp3) is 0.382. The Labute approximate surface area is 248 Å². The first-order valence-electron chi connectivity index (χ1n) is 14.2. The maximum Gasteiger partial charge on any atom is 0.408 e. The van der Waals surface area contributed by atoms with Gasteiger partial charge in [0.15, 0.2) is 0 Å². The van der Waals surface area contributed by atoms with Crippen molar-refractivity contribution >= 4 is 18.0 Å². The van der Waals surface area contributed by atoms with Crippen molar-refractivity contribution in [2.24, 2.45) is 0 Å². The van der Waals surface area contributed by atoms with Gasteiger partial charge in [0.05, 0.1) is 7.11 Å². The molecule has 0 fully saturated rings. The molecule has 1 unspecified atom stereocenters. The fourth-order valence-corrected chi connectivity index (χ4v) is 4.58. The van der Waals surface area contributed by atoms with Gasteiger partial charge in [-0.1, -0.05) is 91.0 Å². The molecule has 0 bridgehead atoms. The highest BCUT2D eigenvalue weighted by Gasteiger charge is 2.41. The number of benzene rings is 3. The van der Waals surface area contributed by atoms with E-state index in [1.807, 2.05) is 112 Å². The third kappa shape index (κ3) is 10.7. The molecular formula is C34H42N2O6. The molecule has 0 aromatic heterocycles. The van der Waals surface area contributed by atoms with Gasteiger partial charge in [0.25, 0.3) is 0 Å². The minimum atomic E-state index is -1.41. The number of ether oxygens (including phenoxy) is 3. The summed E-state index contributed by atoms with van der Waals surface area (Å²) in [5, 5.41) is 6.10. The highest BCUT2D eigenvalue weighted by Crippen LogP contribution is 2.22. The lowest BCUT2D eigenvalue weighted by atomic mass is 9.87. The summed E-state index contributed by atoms with van der Waals surface area (Å²) in [6.07, 6.45) is 0.597. The minimum absolute atomic E-state index is 0.0542. The summed E-state index contributed by atoms with van der Waals surface area (Å²) in [4.78, 5) is 39.5. The minimum Gasteiger partial charge on any atom is -0.467 e. The number of hydrogen-bond donors (Lipinski definition) is 2. The Hall–Kier alpha value is -4.17. The standard InChI is InChI=1S/C34H42N2O6/c1-33(2,3)42-30(37)29(24-27-16-10-6-11-17-27)35-23-22-34(31(38)40-4,21-20-26-14-8-5-9-15-26)36-32(39)41-25-28-18-12-7-13-19-28/h5-19,29,35H,20-25H2,1-4H3,(H,36,39)/t29-,34?/m0/s1. The van der Waals surface area contributed by atoms with E-state index in [4.69, 9.17) is 14.2 Å². The molecule has 0 aliphatic heterocycles. The summed E-state index contributed by atoms with van der Waals surface area (Å²) in [6, 6.07) is 28.0. The van der Waals surface area contributed by atoms with Crippen molar-refractivity contribution in [2.75, 3.05) is 13.7 Å². The largest absolute Gasteiger partial charge is 0.467 e. The van der Waals surface area contributed by atoms with E-state index in [-0.39, 0.29) is 26.0 Å². The first-order valence-corrected chi connectivity index (χ1v) is 14.2. The van der Waals surface area contributed by atoms with Gasteiger partial charge in [-0.25, -0.2) is 9.59 Å². The Morgan fingerprint density at radius 3 is 1.86 bits per heavy atom. The van der Waals surface area contributed by atoms with Crippen molar-refractivity contribution in [3.8, 4) is 0 Å². The first kappa shape index (κ1) is 32.3. The number of amides is 1. The summed E-state index contributed by atoms with van der Waals surface area (Å²) in [5.41, 5.74) is 0.726. The van der Waals surface area contributed by atoms with Crippen molar-refractivity contribution in [3.63, 3.8) is 0 Å². The van der Waals surface area contributed by atoms with Crippen LogP contribution in [0.3, 0.4) is 0 Å². The van der Waals surface area contributed by atoms with E-state index in [0.29, 0.717) is 12.8 Å². The lowest BCUT2D eigenvalue weighted by molar-refractivity contribution is -0.157. The number of nitrogens with one attached hydrogen (secondary N) is 2. The van der Waals surface area contributed by atoms with Crippen LogP contribution in [0.15, 0.2) is 91.0 Å². The molecule has 2 N–H and O–H groups in total. The summed E-state index contributed by atoms with van der Waals surface area (Å²) in [5.74, 6) is -0.983. The summed E-state index contributed by atoms with van der Waals surface area (Å²) < 4.78 is 16.4. The van der Waals surface area contributed by atoms with Gasteiger partial charge in [-0.2, -0.15) is 0 Å². The van der Waals surface area contributed by atoms with Crippen molar-refractivity contribution in [1.29, 1.82) is 0 Å². The average Bonchev–Trinajstić information content (AvgIpc) is 2.98. The van der Waals surface area contributed by atoms with Crippen LogP contribution in [0.2, 0.25) is 0 Å². The van der Waals surface area contributed by atoms with Crippen LogP contribution < -0.4 is 10.6 Å². The van der Waals surface area contributed by atoms with Crippen molar-refractivity contribution in [3.05, 3.63) is 108 Å². The van der Waals surface area contributed by atoms with Crippen LogP contribution in [0.5, 0.6) is 0 Å². The Kier molecular flexibility index (Phi) is 12.1. The molecular weight excluding hydrogens is 532 g/mol. The van der Waals surface area contributed by atoms with Crippen LogP contribution in [-0.4, -0.2) is 48.9 Å². The van der Waals surface area contributed by atoms with Crippen LogP contribution in [0.4, 0.5) is 4.79 Å². The zero-order valence-electron chi connectivity index (χ0n) is 24.9. The third-order valence-corrected chi connectivity index (χ3v) is 6.73. The second-order valence-electron chi connectivity index (χ2n) is 11.2. The van der Waals surface area contributed by atoms with Crippen LogP contribution in [0.1, 0.15) is 50.3 Å². The molecule has 8 nitrogen and oxygen atoms in total. The molecule has 42 heavy (non-hydrogen) atoms. The number of hydrogen-bond acceptors (Lipinski definition) is 7. The van der Waals surface area contributed by atoms with Crippen LogP contribution in [0, 0.1) is 0 Å². The molecule has 3 rings (SSSR count). The van der Waals surface area contributed by atoms with Gasteiger partial charge in [-0.15, -0.1) is 0 Å². The number of aryl methyl sites for hydroxylation is 1. The SMILES string of the molecule is COC(=O)C(CCN[C@@H](Cc1ccccc1)C(=O)OC(C)(C)C)(CCc1ccccc1)NC(=O)OCc1ccccc1. The third-order valence-electron chi connectivity index (χ3n) is 6.73. The molecule has 0 saturated heterocycles. The van der Waals surface area contributed by atoms with E-state index in [1.54, 1.807) is 0 Å². The quantitative estimate of drug-likeness (QED) is 0.197. The van der Waals surface area contributed by atoms with Gasteiger partial charge in [-0.05, 0) is 69.7 Å². The molecule has 224 valence electrons. The highest BCUT2D eigenvalue weighted by atomic mass is 16.6. The van der Waals surface area contributed by atoms with Crippen LogP contribution in [0.25, 0.3) is 0 Å². The molecule has 3 aromatic rings. The number of rotatable bonds is 14. The molecule has 1 amide bonds. The number of carbonyl (C=O) groups excluding carboxylic acids is 3. The van der Waals surface area contributed by atoms with Gasteiger partial charge in [0.2, 0.25) is 0 Å². The molecule has 0 heterocycles. The van der Waals surface area contributed by atoms with Crippen molar-refractivity contribution < 1.29 is 28.6 Å².